The SMILES string of the molecule is NC(c1ccccn1)c1cscc1Br. The van der Waals surface area contributed by atoms with Crippen LogP contribution in [0, 0.1) is 0 Å². The fraction of sp³-hybridized carbons (Fsp3) is 0.100. The second kappa shape index (κ2) is 4.21. The van der Waals surface area contributed by atoms with E-state index in [0.29, 0.717) is 0 Å². The zero-order valence-corrected chi connectivity index (χ0v) is 9.75. The summed E-state index contributed by atoms with van der Waals surface area (Å²) in [4.78, 5) is 4.23. The van der Waals surface area contributed by atoms with Crippen LogP contribution in [0.1, 0.15) is 17.3 Å². The van der Waals surface area contributed by atoms with Gasteiger partial charge in [-0.15, -0.1) is 0 Å². The monoisotopic (exact) mass is 268 g/mol. The Morgan fingerprint density at radius 1 is 1.36 bits per heavy atom. The molecule has 0 bridgehead atoms. The maximum Gasteiger partial charge on any atom is 0.0745 e. The van der Waals surface area contributed by atoms with E-state index in [4.69, 9.17) is 5.73 Å². The van der Waals surface area contributed by atoms with Crippen LogP contribution in [0.4, 0.5) is 0 Å². The van der Waals surface area contributed by atoms with Crippen molar-refractivity contribution in [3.63, 3.8) is 0 Å². The van der Waals surface area contributed by atoms with Crippen molar-refractivity contribution in [1.82, 2.24) is 4.98 Å². The summed E-state index contributed by atoms with van der Waals surface area (Å²) >= 11 is 5.10. The van der Waals surface area contributed by atoms with Gasteiger partial charge in [0.25, 0.3) is 0 Å². The number of thiophene rings is 1. The van der Waals surface area contributed by atoms with Crippen LogP contribution in [-0.2, 0) is 0 Å². The van der Waals surface area contributed by atoms with Gasteiger partial charge in [-0.05, 0) is 39.0 Å². The van der Waals surface area contributed by atoms with Crippen molar-refractivity contribution < 1.29 is 0 Å². The minimum atomic E-state index is -0.142. The molecule has 2 aromatic heterocycles. The summed E-state index contributed by atoms with van der Waals surface area (Å²) in [6.45, 7) is 0. The van der Waals surface area contributed by atoms with E-state index < -0.39 is 0 Å². The van der Waals surface area contributed by atoms with E-state index in [9.17, 15) is 0 Å². The topological polar surface area (TPSA) is 38.9 Å². The Morgan fingerprint density at radius 2 is 2.21 bits per heavy atom. The molecule has 0 saturated carbocycles. The normalized spacial score (nSPS) is 12.7. The average Bonchev–Trinajstić information content (AvgIpc) is 2.65. The van der Waals surface area contributed by atoms with Gasteiger partial charge in [-0.2, -0.15) is 11.3 Å². The van der Waals surface area contributed by atoms with E-state index in [2.05, 4.69) is 20.9 Å². The summed E-state index contributed by atoms with van der Waals surface area (Å²) in [5, 5.41) is 4.07. The van der Waals surface area contributed by atoms with E-state index in [1.165, 1.54) is 0 Å². The fourth-order valence-electron chi connectivity index (χ4n) is 1.23. The zero-order chi connectivity index (χ0) is 9.97. The van der Waals surface area contributed by atoms with Crippen LogP contribution in [0.15, 0.2) is 39.6 Å². The predicted molar refractivity (Wildman–Crippen MR) is 62.3 cm³/mol. The van der Waals surface area contributed by atoms with Crippen molar-refractivity contribution >= 4 is 27.3 Å². The molecule has 2 heterocycles. The molecule has 0 fully saturated rings. The van der Waals surface area contributed by atoms with Gasteiger partial charge >= 0.3 is 0 Å². The smallest absolute Gasteiger partial charge is 0.0745 e. The number of pyridine rings is 1. The lowest BCUT2D eigenvalue weighted by Gasteiger charge is -2.09. The highest BCUT2D eigenvalue weighted by Crippen LogP contribution is 2.28. The lowest BCUT2D eigenvalue weighted by Crippen LogP contribution is -2.12. The number of nitrogens with two attached hydrogens (primary N) is 1. The summed E-state index contributed by atoms with van der Waals surface area (Å²) < 4.78 is 1.06. The highest BCUT2D eigenvalue weighted by atomic mass is 79.9. The molecule has 1 unspecified atom stereocenters. The molecule has 0 spiro atoms. The Balaban J connectivity index is 2.34. The highest BCUT2D eigenvalue weighted by molar-refractivity contribution is 9.10. The first kappa shape index (κ1) is 9.83. The largest absolute Gasteiger partial charge is 0.319 e. The standard InChI is InChI=1S/C10H9BrN2S/c11-8-6-14-5-7(8)10(12)9-3-1-2-4-13-9/h1-6,10H,12H2. The number of aromatic nitrogens is 1. The molecule has 0 radical (unpaired) electrons. The minimum Gasteiger partial charge on any atom is -0.319 e. The van der Waals surface area contributed by atoms with Gasteiger partial charge in [-0.1, -0.05) is 6.07 Å². The zero-order valence-electron chi connectivity index (χ0n) is 7.35. The summed E-state index contributed by atoms with van der Waals surface area (Å²) in [5.74, 6) is 0. The van der Waals surface area contributed by atoms with E-state index in [1.807, 2.05) is 29.0 Å². The van der Waals surface area contributed by atoms with Crippen molar-refractivity contribution in [1.29, 1.82) is 0 Å². The molecule has 1 atom stereocenters. The van der Waals surface area contributed by atoms with Gasteiger partial charge in [0.15, 0.2) is 0 Å². The van der Waals surface area contributed by atoms with Gasteiger partial charge in [0.05, 0.1) is 11.7 Å². The Hall–Kier alpha value is -0.710. The van der Waals surface area contributed by atoms with Gasteiger partial charge in [0.2, 0.25) is 0 Å². The number of hydrogen-bond donors (Lipinski definition) is 1. The van der Waals surface area contributed by atoms with Crippen LogP contribution < -0.4 is 5.73 Å². The first-order valence-corrected chi connectivity index (χ1v) is 5.90. The lowest BCUT2D eigenvalue weighted by molar-refractivity contribution is 0.829. The molecule has 0 aromatic carbocycles. The van der Waals surface area contributed by atoms with Gasteiger partial charge in [-0.3, -0.25) is 4.98 Å². The Kier molecular flexibility index (Phi) is 2.96. The molecule has 0 amide bonds. The predicted octanol–water partition coefficient (Wildman–Crippen LogP) is 2.95. The van der Waals surface area contributed by atoms with Crippen LogP contribution in [-0.4, -0.2) is 4.98 Å². The molecule has 72 valence electrons. The molecule has 2 aromatic rings. The first-order chi connectivity index (χ1) is 6.79. The second-order valence-electron chi connectivity index (χ2n) is 2.91. The van der Waals surface area contributed by atoms with E-state index >= 15 is 0 Å². The van der Waals surface area contributed by atoms with Crippen molar-refractivity contribution in [2.24, 2.45) is 5.73 Å². The van der Waals surface area contributed by atoms with Crippen LogP contribution in [0.5, 0.6) is 0 Å². The molecule has 2 rings (SSSR count). The molecular formula is C10H9BrN2S. The molecule has 0 aliphatic carbocycles. The van der Waals surface area contributed by atoms with E-state index in [1.54, 1.807) is 17.5 Å². The lowest BCUT2D eigenvalue weighted by atomic mass is 10.1. The van der Waals surface area contributed by atoms with Crippen LogP contribution >= 0.6 is 27.3 Å². The van der Waals surface area contributed by atoms with Gasteiger partial charge in [0.1, 0.15) is 0 Å². The third-order valence-corrected chi connectivity index (χ3v) is 3.74. The second-order valence-corrected chi connectivity index (χ2v) is 4.51. The minimum absolute atomic E-state index is 0.142. The average molecular weight is 269 g/mol. The van der Waals surface area contributed by atoms with Crippen molar-refractivity contribution in [3.05, 3.63) is 50.9 Å². The molecule has 0 aliphatic rings. The van der Waals surface area contributed by atoms with Crippen molar-refractivity contribution in [2.45, 2.75) is 6.04 Å². The highest BCUT2D eigenvalue weighted by Gasteiger charge is 2.13. The molecule has 2 N–H and O–H groups in total. The van der Waals surface area contributed by atoms with Crippen molar-refractivity contribution in [2.75, 3.05) is 0 Å². The molecule has 2 nitrogen and oxygen atoms in total. The van der Waals surface area contributed by atoms with Gasteiger partial charge in [0, 0.05) is 16.0 Å². The summed E-state index contributed by atoms with van der Waals surface area (Å²) in [7, 11) is 0. The third kappa shape index (κ3) is 1.87. The third-order valence-electron chi connectivity index (χ3n) is 1.98. The summed E-state index contributed by atoms with van der Waals surface area (Å²) in [6, 6.07) is 5.63. The Labute approximate surface area is 94.9 Å². The number of rotatable bonds is 2. The first-order valence-electron chi connectivity index (χ1n) is 4.17. The number of halogens is 1. The van der Waals surface area contributed by atoms with Crippen LogP contribution in [0.2, 0.25) is 0 Å². The summed E-state index contributed by atoms with van der Waals surface area (Å²) in [5.41, 5.74) is 8.06. The molecule has 14 heavy (non-hydrogen) atoms. The quantitative estimate of drug-likeness (QED) is 0.910. The van der Waals surface area contributed by atoms with E-state index in [0.717, 1.165) is 15.7 Å². The molecular weight excluding hydrogens is 260 g/mol. The van der Waals surface area contributed by atoms with Crippen LogP contribution in [0.25, 0.3) is 0 Å². The van der Waals surface area contributed by atoms with Crippen molar-refractivity contribution in [3.8, 4) is 0 Å². The molecule has 0 saturated heterocycles. The number of hydrogen-bond acceptors (Lipinski definition) is 3. The molecule has 4 heteroatoms. The summed E-state index contributed by atoms with van der Waals surface area (Å²) in [6.07, 6.45) is 1.76. The van der Waals surface area contributed by atoms with Gasteiger partial charge in [-0.25, -0.2) is 0 Å². The van der Waals surface area contributed by atoms with Gasteiger partial charge < -0.3 is 5.73 Å². The van der Waals surface area contributed by atoms with Crippen LogP contribution in [0.3, 0.4) is 0 Å². The fourth-order valence-corrected chi connectivity index (χ4v) is 2.81. The number of nitrogens with zero attached hydrogens (tertiary/aromatic N) is 1. The Bertz CT molecular complexity index is 413. The maximum absolute atomic E-state index is 6.08. The Morgan fingerprint density at radius 3 is 2.79 bits per heavy atom. The van der Waals surface area contributed by atoms with E-state index in [-0.39, 0.29) is 6.04 Å². The molecule has 0 aliphatic heterocycles. The maximum atomic E-state index is 6.08.